The van der Waals surface area contributed by atoms with Crippen molar-refractivity contribution < 1.29 is 14.3 Å². The van der Waals surface area contributed by atoms with Crippen molar-refractivity contribution in [1.29, 1.82) is 0 Å². The Morgan fingerprint density at radius 3 is 2.50 bits per heavy atom. The Kier molecular flexibility index (Phi) is 5.71. The molecule has 1 aromatic carbocycles. The van der Waals surface area contributed by atoms with Crippen LogP contribution in [0.5, 0.6) is 0 Å². The van der Waals surface area contributed by atoms with Gasteiger partial charge in [0.15, 0.2) is 0 Å². The molecule has 112 valence electrons. The van der Waals surface area contributed by atoms with Gasteiger partial charge in [0.1, 0.15) is 5.82 Å². The Balaban J connectivity index is 3.03. The molecule has 0 radical (unpaired) electrons. The van der Waals surface area contributed by atoms with Crippen molar-refractivity contribution in [1.82, 2.24) is 4.90 Å². The number of carboxylic acid groups (broad SMARTS) is 1. The first-order chi connectivity index (χ1) is 9.12. The van der Waals surface area contributed by atoms with Crippen LogP contribution in [-0.4, -0.2) is 28.1 Å². The van der Waals surface area contributed by atoms with Gasteiger partial charge in [0.2, 0.25) is 0 Å². The molecule has 0 aliphatic heterocycles. The van der Waals surface area contributed by atoms with Crippen LogP contribution < -0.4 is 0 Å². The van der Waals surface area contributed by atoms with Crippen LogP contribution in [0.3, 0.4) is 0 Å². The number of carbonyl (C=O) groups is 1. The first-order valence-corrected chi connectivity index (χ1v) is 7.35. The molecule has 1 unspecified atom stereocenters. The van der Waals surface area contributed by atoms with E-state index < -0.39 is 5.97 Å². The summed E-state index contributed by atoms with van der Waals surface area (Å²) in [5, 5.41) is 8.89. The zero-order chi connectivity index (χ0) is 15.5. The molecule has 0 heterocycles. The lowest BCUT2D eigenvalue weighted by molar-refractivity contribution is -0.137. The Morgan fingerprint density at radius 1 is 1.45 bits per heavy atom. The molecule has 0 fully saturated rings. The van der Waals surface area contributed by atoms with E-state index in [2.05, 4.69) is 20.8 Å². The summed E-state index contributed by atoms with van der Waals surface area (Å²) in [4.78, 5) is 12.9. The normalized spacial score (nSPS) is 13.6. The quantitative estimate of drug-likeness (QED) is 0.868. The van der Waals surface area contributed by atoms with Crippen molar-refractivity contribution >= 4 is 21.9 Å². The molecule has 0 saturated heterocycles. The van der Waals surface area contributed by atoms with E-state index in [-0.39, 0.29) is 23.8 Å². The van der Waals surface area contributed by atoms with Gasteiger partial charge in [-0.3, -0.25) is 9.69 Å². The van der Waals surface area contributed by atoms with Crippen molar-refractivity contribution in [3.8, 4) is 0 Å². The second-order valence-electron chi connectivity index (χ2n) is 5.85. The van der Waals surface area contributed by atoms with Crippen LogP contribution in [0.4, 0.5) is 4.39 Å². The van der Waals surface area contributed by atoms with Gasteiger partial charge in [0, 0.05) is 22.6 Å². The highest BCUT2D eigenvalue weighted by atomic mass is 79.9. The van der Waals surface area contributed by atoms with Gasteiger partial charge < -0.3 is 5.11 Å². The average molecular weight is 346 g/mol. The van der Waals surface area contributed by atoms with Crippen molar-refractivity contribution in [3.63, 3.8) is 0 Å². The maximum Gasteiger partial charge on any atom is 0.304 e. The second kappa shape index (κ2) is 6.68. The topological polar surface area (TPSA) is 40.5 Å². The smallest absolute Gasteiger partial charge is 0.304 e. The summed E-state index contributed by atoms with van der Waals surface area (Å²) in [6, 6.07) is 4.59. The zero-order valence-electron chi connectivity index (χ0n) is 12.3. The lowest BCUT2D eigenvalue weighted by Gasteiger charge is -2.40. The van der Waals surface area contributed by atoms with Gasteiger partial charge >= 0.3 is 5.97 Å². The third kappa shape index (κ3) is 4.56. The van der Waals surface area contributed by atoms with Crippen LogP contribution in [0.15, 0.2) is 22.7 Å². The third-order valence-corrected chi connectivity index (χ3v) is 4.00. The first-order valence-electron chi connectivity index (χ1n) is 6.56. The Morgan fingerprint density at radius 2 is 2.05 bits per heavy atom. The van der Waals surface area contributed by atoms with E-state index >= 15 is 0 Å². The van der Waals surface area contributed by atoms with E-state index in [0.717, 1.165) is 5.56 Å². The summed E-state index contributed by atoms with van der Waals surface area (Å²) >= 11 is 3.38. The highest BCUT2D eigenvalue weighted by Crippen LogP contribution is 2.32. The van der Waals surface area contributed by atoms with Gasteiger partial charge in [-0.2, -0.15) is 0 Å². The summed E-state index contributed by atoms with van der Waals surface area (Å²) in [5.41, 5.74) is 0.773. The number of halogens is 2. The van der Waals surface area contributed by atoms with Crippen molar-refractivity contribution in [2.45, 2.75) is 45.7 Å². The highest BCUT2D eigenvalue weighted by Gasteiger charge is 2.28. The Bertz CT molecular complexity index is 485. The minimum Gasteiger partial charge on any atom is -0.481 e. The van der Waals surface area contributed by atoms with Gasteiger partial charge in [0.25, 0.3) is 0 Å². The minimum absolute atomic E-state index is 0.00988. The summed E-state index contributed by atoms with van der Waals surface area (Å²) < 4.78 is 13.9. The fourth-order valence-electron chi connectivity index (χ4n) is 2.33. The molecule has 1 N–H and O–H groups in total. The van der Waals surface area contributed by atoms with Gasteiger partial charge in [-0.15, -0.1) is 0 Å². The van der Waals surface area contributed by atoms with Crippen molar-refractivity contribution in [3.05, 3.63) is 34.1 Å². The van der Waals surface area contributed by atoms with Gasteiger partial charge in [-0.1, -0.05) is 22.0 Å². The lowest BCUT2D eigenvalue weighted by Crippen LogP contribution is -2.44. The molecular formula is C15H21BrFNO2. The molecule has 20 heavy (non-hydrogen) atoms. The average Bonchev–Trinajstić information content (AvgIpc) is 2.26. The SMILES string of the molecule is CC(c1ccc(F)cc1Br)N(CCC(=O)O)C(C)(C)C. The number of benzene rings is 1. The Hall–Kier alpha value is -0.940. The monoisotopic (exact) mass is 345 g/mol. The number of aliphatic carboxylic acids is 1. The number of nitrogens with zero attached hydrogens (tertiary/aromatic N) is 1. The number of hydrogen-bond acceptors (Lipinski definition) is 2. The van der Waals surface area contributed by atoms with Gasteiger partial charge in [-0.25, -0.2) is 4.39 Å². The van der Waals surface area contributed by atoms with E-state index in [1.165, 1.54) is 12.1 Å². The number of rotatable bonds is 5. The van der Waals surface area contributed by atoms with Crippen LogP contribution in [0, 0.1) is 5.82 Å². The minimum atomic E-state index is -0.815. The van der Waals surface area contributed by atoms with Crippen LogP contribution in [0.25, 0.3) is 0 Å². The van der Waals surface area contributed by atoms with Crippen molar-refractivity contribution in [2.24, 2.45) is 0 Å². The van der Waals surface area contributed by atoms with E-state index in [0.29, 0.717) is 11.0 Å². The molecule has 1 aromatic rings. The van der Waals surface area contributed by atoms with Crippen molar-refractivity contribution in [2.75, 3.05) is 6.54 Å². The largest absolute Gasteiger partial charge is 0.481 e. The fourth-order valence-corrected chi connectivity index (χ4v) is 3.02. The molecule has 0 amide bonds. The number of carboxylic acids is 1. The molecule has 0 aromatic heterocycles. The second-order valence-corrected chi connectivity index (χ2v) is 6.70. The maximum absolute atomic E-state index is 13.2. The maximum atomic E-state index is 13.2. The van der Waals surface area contributed by atoms with Gasteiger partial charge in [0.05, 0.1) is 6.42 Å². The zero-order valence-corrected chi connectivity index (χ0v) is 13.9. The molecular weight excluding hydrogens is 325 g/mol. The first kappa shape index (κ1) is 17.1. The van der Waals surface area contributed by atoms with Crippen LogP contribution in [-0.2, 0) is 4.79 Å². The predicted molar refractivity (Wildman–Crippen MR) is 81.2 cm³/mol. The molecule has 0 aliphatic rings. The molecule has 5 heteroatoms. The van der Waals surface area contributed by atoms with E-state index in [9.17, 15) is 9.18 Å². The number of hydrogen-bond donors (Lipinski definition) is 1. The molecule has 0 bridgehead atoms. The Labute approximate surface area is 127 Å². The molecule has 3 nitrogen and oxygen atoms in total. The van der Waals surface area contributed by atoms with Gasteiger partial charge in [-0.05, 0) is 45.4 Å². The fraction of sp³-hybridized carbons (Fsp3) is 0.533. The predicted octanol–water partition coefficient (Wildman–Crippen LogP) is 4.22. The van der Waals surface area contributed by atoms with E-state index in [1.807, 2.05) is 27.7 Å². The summed E-state index contributed by atoms with van der Waals surface area (Å²) in [7, 11) is 0. The molecule has 1 atom stereocenters. The molecule has 0 spiro atoms. The summed E-state index contributed by atoms with van der Waals surface area (Å²) in [6.45, 7) is 8.59. The van der Waals surface area contributed by atoms with E-state index in [4.69, 9.17) is 5.11 Å². The van der Waals surface area contributed by atoms with Crippen LogP contribution in [0.1, 0.15) is 45.7 Å². The molecule has 0 saturated carbocycles. The van der Waals surface area contributed by atoms with E-state index in [1.54, 1.807) is 6.07 Å². The standard InChI is InChI=1S/C15H21BrFNO2/c1-10(12-6-5-11(17)9-13(12)16)18(15(2,3)4)8-7-14(19)20/h5-6,9-10H,7-8H2,1-4H3,(H,19,20). The van der Waals surface area contributed by atoms with Crippen LogP contribution in [0.2, 0.25) is 0 Å². The highest BCUT2D eigenvalue weighted by molar-refractivity contribution is 9.10. The molecule has 1 rings (SSSR count). The summed E-state index contributed by atoms with van der Waals surface area (Å²) in [5.74, 6) is -1.11. The molecule has 0 aliphatic carbocycles. The lowest BCUT2D eigenvalue weighted by atomic mass is 9.98. The summed E-state index contributed by atoms with van der Waals surface area (Å²) in [6.07, 6.45) is 0.0838. The van der Waals surface area contributed by atoms with Crippen LogP contribution >= 0.6 is 15.9 Å². The third-order valence-electron chi connectivity index (χ3n) is 3.31.